The van der Waals surface area contributed by atoms with E-state index in [9.17, 15) is 4.79 Å². The van der Waals surface area contributed by atoms with E-state index in [2.05, 4.69) is 0 Å². The van der Waals surface area contributed by atoms with E-state index in [4.69, 9.17) is 9.84 Å². The lowest BCUT2D eigenvalue weighted by atomic mass is 10.0. The van der Waals surface area contributed by atoms with Gasteiger partial charge >= 0.3 is 6.09 Å². The van der Waals surface area contributed by atoms with Crippen molar-refractivity contribution in [2.75, 3.05) is 11.9 Å². The van der Waals surface area contributed by atoms with Crippen molar-refractivity contribution >= 4 is 23.6 Å². The third kappa shape index (κ3) is 2.61. The van der Waals surface area contributed by atoms with Crippen molar-refractivity contribution in [3.8, 4) is 0 Å². The van der Waals surface area contributed by atoms with Gasteiger partial charge in [0.05, 0.1) is 12.3 Å². The molecule has 0 atom stereocenters. The van der Waals surface area contributed by atoms with Crippen LogP contribution < -0.4 is 4.90 Å². The molecule has 0 saturated carbocycles. The summed E-state index contributed by atoms with van der Waals surface area (Å²) in [5, 5.41) is 9.08. The molecule has 2 aromatic carbocycles. The molecule has 112 valence electrons. The van der Waals surface area contributed by atoms with Crippen molar-refractivity contribution in [3.05, 3.63) is 64.7 Å². The zero-order chi connectivity index (χ0) is 15.7. The summed E-state index contributed by atoms with van der Waals surface area (Å²) >= 11 is 0. The second kappa shape index (κ2) is 5.66. The fourth-order valence-corrected chi connectivity index (χ4v) is 2.43. The Kier molecular flexibility index (Phi) is 3.69. The van der Waals surface area contributed by atoms with E-state index in [0.29, 0.717) is 5.76 Å². The fourth-order valence-electron chi connectivity index (χ4n) is 2.43. The number of hydrogen-bond acceptors (Lipinski definition) is 3. The molecule has 0 bridgehead atoms. The van der Waals surface area contributed by atoms with Crippen molar-refractivity contribution < 1.29 is 14.6 Å². The van der Waals surface area contributed by atoms with Gasteiger partial charge in [0.15, 0.2) is 0 Å². The Bertz CT molecular complexity index is 747. The molecule has 0 aromatic heterocycles. The van der Waals surface area contributed by atoms with Gasteiger partial charge < -0.3 is 9.84 Å². The first-order valence-electron chi connectivity index (χ1n) is 7.06. The van der Waals surface area contributed by atoms with Gasteiger partial charge in [-0.25, -0.2) is 4.79 Å². The van der Waals surface area contributed by atoms with Gasteiger partial charge in [0, 0.05) is 12.6 Å². The lowest BCUT2D eigenvalue weighted by molar-refractivity contribution is 0.199. The number of ether oxygens (including phenoxy) is 1. The summed E-state index contributed by atoms with van der Waals surface area (Å²) in [6.07, 6.45) is 1.44. The van der Waals surface area contributed by atoms with Crippen molar-refractivity contribution in [1.29, 1.82) is 0 Å². The summed E-state index contributed by atoms with van der Waals surface area (Å²) in [5.74, 6) is 0.540. The van der Waals surface area contributed by atoms with Gasteiger partial charge in [-0.2, -0.15) is 0 Å². The zero-order valence-electron chi connectivity index (χ0n) is 12.5. The zero-order valence-corrected chi connectivity index (χ0v) is 12.5. The summed E-state index contributed by atoms with van der Waals surface area (Å²) in [7, 11) is 1.70. The molecule has 4 nitrogen and oxygen atoms in total. The maximum absolute atomic E-state index is 12.0. The van der Waals surface area contributed by atoms with Crippen molar-refractivity contribution in [2.24, 2.45) is 0 Å². The minimum atomic E-state index is -0.394. The van der Waals surface area contributed by atoms with Gasteiger partial charge in [0.2, 0.25) is 0 Å². The molecule has 0 aliphatic carbocycles. The highest BCUT2D eigenvalue weighted by Gasteiger charge is 2.26. The molecular weight excluding hydrogens is 278 g/mol. The lowest BCUT2D eigenvalue weighted by Gasteiger charge is -2.27. The molecule has 1 N–H and O–H groups in total. The van der Waals surface area contributed by atoms with Crippen LogP contribution in [0.2, 0.25) is 0 Å². The number of anilines is 1. The van der Waals surface area contributed by atoms with E-state index in [1.54, 1.807) is 7.05 Å². The highest BCUT2D eigenvalue weighted by atomic mass is 16.6. The Morgan fingerprint density at radius 1 is 1.18 bits per heavy atom. The Morgan fingerprint density at radius 3 is 2.59 bits per heavy atom. The maximum atomic E-state index is 12.0. The van der Waals surface area contributed by atoms with E-state index in [0.717, 1.165) is 27.9 Å². The molecule has 4 heteroatoms. The van der Waals surface area contributed by atoms with Gasteiger partial charge in [-0.05, 0) is 36.3 Å². The minimum Gasteiger partial charge on any atom is -0.409 e. The van der Waals surface area contributed by atoms with Crippen LogP contribution in [0.1, 0.15) is 22.3 Å². The van der Waals surface area contributed by atoms with Gasteiger partial charge in [-0.15, -0.1) is 0 Å². The van der Waals surface area contributed by atoms with E-state index >= 15 is 0 Å². The predicted octanol–water partition coefficient (Wildman–Crippen LogP) is 3.57. The first kappa shape index (κ1) is 14.4. The summed E-state index contributed by atoms with van der Waals surface area (Å²) in [4.78, 5) is 13.5. The van der Waals surface area contributed by atoms with E-state index in [-0.39, 0.29) is 6.61 Å². The Hall–Kier alpha value is -2.59. The summed E-state index contributed by atoms with van der Waals surface area (Å²) in [6, 6.07) is 13.4. The van der Waals surface area contributed by atoms with E-state index in [1.165, 1.54) is 4.90 Å². The molecular formula is C18H17NO3. The van der Waals surface area contributed by atoms with Crippen LogP contribution in [-0.2, 0) is 11.3 Å². The fraction of sp³-hybridized carbons (Fsp3) is 0.167. The molecule has 1 aliphatic heterocycles. The lowest BCUT2D eigenvalue weighted by Crippen LogP contribution is -2.31. The van der Waals surface area contributed by atoms with Crippen molar-refractivity contribution in [1.82, 2.24) is 0 Å². The topological polar surface area (TPSA) is 49.8 Å². The molecule has 0 fully saturated rings. The second-order valence-electron chi connectivity index (χ2n) is 5.36. The molecule has 1 amide bonds. The average molecular weight is 295 g/mol. The normalized spacial score (nSPS) is 15.7. The van der Waals surface area contributed by atoms with Crippen LogP contribution in [0.5, 0.6) is 0 Å². The van der Waals surface area contributed by atoms with Gasteiger partial charge in [0.1, 0.15) is 5.76 Å². The molecule has 0 spiro atoms. The van der Waals surface area contributed by atoms with Crippen LogP contribution in [-0.4, -0.2) is 18.2 Å². The summed E-state index contributed by atoms with van der Waals surface area (Å²) < 4.78 is 5.44. The van der Waals surface area contributed by atoms with Crippen LogP contribution in [0.4, 0.5) is 10.5 Å². The minimum absolute atomic E-state index is 0.0126. The van der Waals surface area contributed by atoms with Gasteiger partial charge in [0.25, 0.3) is 0 Å². The molecule has 2 aromatic rings. The number of carbonyl (C=O) groups is 1. The SMILES string of the molecule is Cc1ccc2c(c1)/C(=C/c1ccc(CO)cc1)OC(=O)N2C. The third-order valence-electron chi connectivity index (χ3n) is 3.71. The standard InChI is InChI=1S/C18H17NO3/c1-12-3-8-16-15(9-12)17(22-18(21)19(16)2)10-13-4-6-14(11-20)7-5-13/h3-10,20H,11H2,1-2H3/b17-10-. The third-order valence-corrected chi connectivity index (χ3v) is 3.71. The first-order valence-corrected chi connectivity index (χ1v) is 7.06. The van der Waals surface area contributed by atoms with Gasteiger partial charge in [-0.3, -0.25) is 4.90 Å². The monoisotopic (exact) mass is 295 g/mol. The Morgan fingerprint density at radius 2 is 1.91 bits per heavy atom. The number of aryl methyl sites for hydroxylation is 1. The van der Waals surface area contributed by atoms with Crippen LogP contribution >= 0.6 is 0 Å². The van der Waals surface area contributed by atoms with E-state index < -0.39 is 6.09 Å². The molecule has 22 heavy (non-hydrogen) atoms. The number of aliphatic hydroxyl groups excluding tert-OH is 1. The Labute approximate surface area is 129 Å². The van der Waals surface area contributed by atoms with Gasteiger partial charge in [-0.1, -0.05) is 35.9 Å². The molecule has 0 radical (unpaired) electrons. The summed E-state index contributed by atoms with van der Waals surface area (Å²) in [5.41, 5.74) is 4.59. The van der Waals surface area contributed by atoms with Crippen molar-refractivity contribution in [2.45, 2.75) is 13.5 Å². The number of benzene rings is 2. The molecule has 0 unspecified atom stereocenters. The second-order valence-corrected chi connectivity index (χ2v) is 5.36. The number of nitrogens with zero attached hydrogens (tertiary/aromatic N) is 1. The van der Waals surface area contributed by atoms with Crippen LogP contribution in [0.3, 0.4) is 0 Å². The molecule has 0 saturated heterocycles. The summed E-state index contributed by atoms with van der Waals surface area (Å²) in [6.45, 7) is 2.02. The number of rotatable bonds is 2. The maximum Gasteiger partial charge on any atom is 0.419 e. The highest BCUT2D eigenvalue weighted by molar-refractivity contribution is 6.01. The molecule has 3 rings (SSSR count). The van der Waals surface area contributed by atoms with Crippen LogP contribution in [0.15, 0.2) is 42.5 Å². The largest absolute Gasteiger partial charge is 0.419 e. The van der Waals surface area contributed by atoms with Crippen LogP contribution in [0, 0.1) is 6.92 Å². The number of amides is 1. The molecule has 1 aliphatic rings. The number of cyclic esters (lactones) is 1. The number of hydrogen-bond donors (Lipinski definition) is 1. The Balaban J connectivity index is 2.06. The van der Waals surface area contributed by atoms with E-state index in [1.807, 2.05) is 55.5 Å². The first-order chi connectivity index (χ1) is 10.6. The number of carbonyl (C=O) groups excluding carboxylic acids is 1. The quantitative estimate of drug-likeness (QED) is 0.921. The van der Waals surface area contributed by atoms with Crippen LogP contribution in [0.25, 0.3) is 11.8 Å². The average Bonchev–Trinajstić information content (AvgIpc) is 2.53. The molecule has 1 heterocycles. The smallest absolute Gasteiger partial charge is 0.409 e. The predicted molar refractivity (Wildman–Crippen MR) is 86.3 cm³/mol. The highest BCUT2D eigenvalue weighted by Crippen LogP contribution is 2.35. The van der Waals surface area contributed by atoms with Crippen molar-refractivity contribution in [3.63, 3.8) is 0 Å². The number of fused-ring (bicyclic) bond motifs is 1. The number of aliphatic hydroxyl groups is 1.